The molecule has 4 aliphatic rings. The van der Waals surface area contributed by atoms with E-state index in [2.05, 4.69) is 5.32 Å². The average Bonchev–Trinajstić information content (AvgIpc) is 3.47. The number of carbonyl (C=O) groups is 3. The fourth-order valence-electron chi connectivity index (χ4n) is 5.35. The average molecular weight is 429 g/mol. The lowest BCUT2D eigenvalue weighted by Gasteiger charge is -2.20. The standard InChI is InChI=1S/C21H23N3O5S/c25-17(12-23-20(26)18-14-5-6-15(11-14)19(18)21(23)27)22-8-10-30(28,29)24-9-7-13-3-1-2-4-16(13)24/h1-6,14-15,18-19H,7-12H2,(H,22,25). The van der Waals surface area contributed by atoms with Gasteiger partial charge in [-0.2, -0.15) is 0 Å². The smallest absolute Gasteiger partial charge is 0.240 e. The number of sulfonamides is 1. The molecule has 4 unspecified atom stereocenters. The molecule has 1 saturated carbocycles. The first-order chi connectivity index (χ1) is 14.4. The molecule has 9 heteroatoms. The summed E-state index contributed by atoms with van der Waals surface area (Å²) in [6.07, 6.45) is 5.51. The molecule has 0 radical (unpaired) electrons. The number of rotatable bonds is 6. The Hall–Kier alpha value is -2.68. The number of amides is 3. The van der Waals surface area contributed by atoms with Gasteiger partial charge in [-0.25, -0.2) is 8.42 Å². The summed E-state index contributed by atoms with van der Waals surface area (Å²) >= 11 is 0. The van der Waals surface area contributed by atoms with Crippen LogP contribution in [-0.2, 0) is 30.8 Å². The Kier molecular flexibility index (Phi) is 4.46. The number of likely N-dealkylation sites (tertiary alicyclic amines) is 1. The van der Waals surface area contributed by atoms with Crippen molar-refractivity contribution in [2.45, 2.75) is 12.8 Å². The van der Waals surface area contributed by atoms with Crippen molar-refractivity contribution in [1.82, 2.24) is 10.2 Å². The molecule has 0 spiro atoms. The number of para-hydroxylation sites is 1. The van der Waals surface area contributed by atoms with Crippen LogP contribution in [-0.4, -0.2) is 56.4 Å². The third kappa shape index (κ3) is 2.94. The molecule has 1 saturated heterocycles. The number of nitrogens with zero attached hydrogens (tertiary/aromatic N) is 2. The van der Waals surface area contributed by atoms with Crippen LogP contribution in [0, 0.1) is 23.7 Å². The van der Waals surface area contributed by atoms with Crippen molar-refractivity contribution >= 4 is 33.4 Å². The molecule has 1 aromatic rings. The molecule has 8 nitrogen and oxygen atoms in total. The molecule has 1 N–H and O–H groups in total. The number of benzene rings is 1. The van der Waals surface area contributed by atoms with Gasteiger partial charge in [-0.15, -0.1) is 0 Å². The van der Waals surface area contributed by atoms with Crippen LogP contribution in [0.5, 0.6) is 0 Å². The second kappa shape index (κ2) is 6.94. The molecule has 2 heterocycles. The normalized spacial score (nSPS) is 28.9. The van der Waals surface area contributed by atoms with E-state index in [1.807, 2.05) is 24.3 Å². The third-order valence-electron chi connectivity index (χ3n) is 6.73. The van der Waals surface area contributed by atoms with Gasteiger partial charge < -0.3 is 5.32 Å². The number of allylic oxidation sites excluding steroid dienone is 2. The van der Waals surface area contributed by atoms with Crippen LogP contribution < -0.4 is 9.62 Å². The van der Waals surface area contributed by atoms with Crippen LogP contribution in [0.15, 0.2) is 36.4 Å². The van der Waals surface area contributed by atoms with Crippen molar-refractivity contribution in [1.29, 1.82) is 0 Å². The van der Waals surface area contributed by atoms with Crippen LogP contribution in [0.2, 0.25) is 0 Å². The number of imide groups is 1. The second-order valence-corrected chi connectivity index (χ2v) is 10.4. The van der Waals surface area contributed by atoms with E-state index < -0.39 is 15.9 Å². The van der Waals surface area contributed by atoms with E-state index >= 15 is 0 Å². The van der Waals surface area contributed by atoms with Crippen molar-refractivity contribution in [2.24, 2.45) is 23.7 Å². The summed E-state index contributed by atoms with van der Waals surface area (Å²) in [5.74, 6) is -1.80. The monoisotopic (exact) mass is 429 g/mol. The quantitative estimate of drug-likeness (QED) is 0.518. The zero-order chi connectivity index (χ0) is 21.0. The fraction of sp³-hybridized carbons (Fsp3) is 0.476. The minimum Gasteiger partial charge on any atom is -0.353 e. The Labute approximate surface area is 175 Å². The van der Waals surface area contributed by atoms with Crippen LogP contribution in [0.3, 0.4) is 0 Å². The van der Waals surface area contributed by atoms with Gasteiger partial charge in [-0.05, 0) is 36.3 Å². The van der Waals surface area contributed by atoms with Gasteiger partial charge in [0.2, 0.25) is 27.7 Å². The van der Waals surface area contributed by atoms with E-state index in [0.717, 1.165) is 16.9 Å². The number of hydrogen-bond donors (Lipinski definition) is 1. The van der Waals surface area contributed by atoms with Crippen LogP contribution in [0.1, 0.15) is 12.0 Å². The maximum Gasteiger partial charge on any atom is 0.240 e. The lowest BCUT2D eigenvalue weighted by molar-refractivity contribution is -0.144. The first kappa shape index (κ1) is 19.3. The van der Waals surface area contributed by atoms with Gasteiger partial charge in [0.05, 0.1) is 23.3 Å². The van der Waals surface area contributed by atoms with Gasteiger partial charge in [0, 0.05) is 13.1 Å². The fourth-order valence-corrected chi connectivity index (χ4v) is 6.77. The summed E-state index contributed by atoms with van der Waals surface area (Å²) in [5, 5.41) is 2.55. The predicted octanol–water partition coefficient (Wildman–Crippen LogP) is 0.302. The second-order valence-electron chi connectivity index (χ2n) is 8.38. The first-order valence-corrected chi connectivity index (χ1v) is 11.9. The summed E-state index contributed by atoms with van der Waals surface area (Å²) < 4.78 is 26.8. The number of fused-ring (bicyclic) bond motifs is 6. The van der Waals surface area contributed by atoms with Crippen molar-refractivity contribution in [3.63, 3.8) is 0 Å². The molecule has 2 aliphatic carbocycles. The van der Waals surface area contributed by atoms with Gasteiger partial charge in [0.25, 0.3) is 0 Å². The highest BCUT2D eigenvalue weighted by Gasteiger charge is 2.59. The Morgan fingerprint density at radius 1 is 1.07 bits per heavy atom. The SMILES string of the molecule is O=C(CN1C(=O)C2C3C=CC(C3)C2C1=O)NCCS(=O)(=O)N1CCc2ccccc21. The minimum absolute atomic E-state index is 0.0737. The Balaban J connectivity index is 1.16. The summed E-state index contributed by atoms with van der Waals surface area (Å²) in [6, 6.07) is 7.37. The third-order valence-corrected chi connectivity index (χ3v) is 8.50. The Bertz CT molecular complexity index is 1040. The predicted molar refractivity (Wildman–Crippen MR) is 109 cm³/mol. The molecular formula is C21H23N3O5S. The van der Waals surface area contributed by atoms with Crippen molar-refractivity contribution in [3.8, 4) is 0 Å². The van der Waals surface area contributed by atoms with E-state index in [0.29, 0.717) is 18.7 Å². The molecule has 5 rings (SSSR count). The first-order valence-electron chi connectivity index (χ1n) is 10.3. The van der Waals surface area contributed by atoms with Crippen molar-refractivity contribution in [3.05, 3.63) is 42.0 Å². The largest absolute Gasteiger partial charge is 0.353 e. The number of nitrogens with one attached hydrogen (secondary N) is 1. The molecule has 2 aliphatic heterocycles. The Morgan fingerprint density at radius 2 is 1.73 bits per heavy atom. The van der Waals surface area contributed by atoms with E-state index in [1.54, 1.807) is 12.1 Å². The maximum atomic E-state index is 12.7. The lowest BCUT2D eigenvalue weighted by atomic mass is 9.85. The molecule has 4 atom stereocenters. The highest BCUT2D eigenvalue weighted by atomic mass is 32.2. The molecule has 2 fully saturated rings. The summed E-state index contributed by atoms with van der Waals surface area (Å²) in [6.45, 7) is -0.0298. The van der Waals surface area contributed by atoms with Crippen molar-refractivity contribution in [2.75, 3.05) is 29.7 Å². The number of anilines is 1. The van der Waals surface area contributed by atoms with E-state index in [4.69, 9.17) is 0 Å². The molecule has 3 amide bonds. The summed E-state index contributed by atoms with van der Waals surface area (Å²) in [4.78, 5) is 38.6. The summed E-state index contributed by atoms with van der Waals surface area (Å²) in [5.41, 5.74) is 1.68. The molecular weight excluding hydrogens is 406 g/mol. The Morgan fingerprint density at radius 3 is 2.43 bits per heavy atom. The van der Waals surface area contributed by atoms with Crippen molar-refractivity contribution < 1.29 is 22.8 Å². The van der Waals surface area contributed by atoms with E-state index in [1.165, 1.54) is 4.31 Å². The van der Waals surface area contributed by atoms with E-state index in [9.17, 15) is 22.8 Å². The minimum atomic E-state index is -3.57. The maximum absolute atomic E-state index is 12.7. The summed E-state index contributed by atoms with van der Waals surface area (Å²) in [7, 11) is -3.57. The van der Waals surface area contributed by atoms with Crippen LogP contribution in [0.25, 0.3) is 0 Å². The molecule has 2 bridgehead atoms. The molecule has 1 aromatic carbocycles. The topological polar surface area (TPSA) is 104 Å². The number of hydrogen-bond acceptors (Lipinski definition) is 5. The zero-order valence-electron chi connectivity index (χ0n) is 16.4. The van der Waals surface area contributed by atoms with Gasteiger partial charge in [0.15, 0.2) is 0 Å². The van der Waals surface area contributed by atoms with Gasteiger partial charge in [0.1, 0.15) is 6.54 Å². The van der Waals surface area contributed by atoms with Gasteiger partial charge >= 0.3 is 0 Å². The van der Waals surface area contributed by atoms with Gasteiger partial charge in [-0.3, -0.25) is 23.6 Å². The van der Waals surface area contributed by atoms with Gasteiger partial charge in [-0.1, -0.05) is 30.4 Å². The lowest BCUT2D eigenvalue weighted by Crippen LogP contribution is -2.43. The molecule has 0 aromatic heterocycles. The molecule has 158 valence electrons. The van der Waals surface area contributed by atoms with E-state index in [-0.39, 0.29) is 54.3 Å². The zero-order valence-corrected chi connectivity index (χ0v) is 17.2. The number of carbonyl (C=O) groups excluding carboxylic acids is 3. The molecule has 30 heavy (non-hydrogen) atoms. The highest BCUT2D eigenvalue weighted by Crippen LogP contribution is 2.52. The van der Waals surface area contributed by atoms with Crippen LogP contribution in [0.4, 0.5) is 5.69 Å². The highest BCUT2D eigenvalue weighted by molar-refractivity contribution is 7.92. The van der Waals surface area contributed by atoms with Crippen LogP contribution >= 0.6 is 0 Å².